The van der Waals surface area contributed by atoms with E-state index in [9.17, 15) is 9.59 Å². The maximum Gasteiger partial charge on any atom is 0.448 e. The van der Waals surface area contributed by atoms with E-state index in [1.54, 1.807) is 26.2 Å². The van der Waals surface area contributed by atoms with Crippen molar-refractivity contribution >= 4 is 20.3 Å². The summed E-state index contributed by atoms with van der Waals surface area (Å²) in [4.78, 5) is 36.2. The third-order valence-electron chi connectivity index (χ3n) is 5.99. The van der Waals surface area contributed by atoms with Gasteiger partial charge in [-0.1, -0.05) is 53.7 Å². The van der Waals surface area contributed by atoms with Crippen molar-refractivity contribution in [1.29, 1.82) is 0 Å². The number of hydrogen-bond acceptors (Lipinski definition) is 6. The normalized spacial score (nSPS) is 19.4. The van der Waals surface area contributed by atoms with E-state index in [2.05, 4.69) is 41.5 Å². The molecule has 30 heavy (non-hydrogen) atoms. The minimum absolute atomic E-state index is 0.199. The topological polar surface area (TPSA) is 74.3 Å². The van der Waals surface area contributed by atoms with Crippen LogP contribution in [0, 0.1) is 0 Å². The standard InChI is InChI=1S/C22H35NO6Si/c1-9-27-28-22(25)23-19(17-10-12-18(26-8)13-11-17)20(21(23)24)29-30(14(2)3,15(4)5)16(6)7/h10-16,19-20H,9H2,1-8H3/t19-,20+/m0/s1. The van der Waals surface area contributed by atoms with Gasteiger partial charge in [-0.2, -0.15) is 4.89 Å². The van der Waals surface area contributed by atoms with E-state index in [4.69, 9.17) is 18.9 Å². The summed E-state index contributed by atoms with van der Waals surface area (Å²) in [7, 11) is -0.749. The fourth-order valence-corrected chi connectivity index (χ4v) is 10.2. The van der Waals surface area contributed by atoms with E-state index < -0.39 is 26.6 Å². The summed E-state index contributed by atoms with van der Waals surface area (Å²) in [5.74, 6) is 0.305. The van der Waals surface area contributed by atoms with Crippen LogP contribution >= 0.6 is 0 Å². The minimum Gasteiger partial charge on any atom is -0.497 e. The molecule has 7 nitrogen and oxygen atoms in total. The Morgan fingerprint density at radius 2 is 1.57 bits per heavy atom. The van der Waals surface area contributed by atoms with Crippen LogP contribution in [0.4, 0.5) is 4.79 Å². The van der Waals surface area contributed by atoms with E-state index >= 15 is 0 Å². The molecule has 2 amide bonds. The number of carbonyl (C=O) groups excluding carboxylic acids is 2. The molecule has 0 aromatic heterocycles. The number of likely N-dealkylation sites (tertiary alicyclic amines) is 1. The molecule has 1 heterocycles. The number of benzene rings is 1. The maximum atomic E-state index is 13.1. The zero-order valence-corrected chi connectivity index (χ0v) is 20.3. The van der Waals surface area contributed by atoms with Crippen LogP contribution in [0.5, 0.6) is 5.75 Å². The van der Waals surface area contributed by atoms with Gasteiger partial charge in [-0.15, -0.1) is 0 Å². The van der Waals surface area contributed by atoms with Crippen molar-refractivity contribution in [3.8, 4) is 5.75 Å². The van der Waals surface area contributed by atoms with Crippen molar-refractivity contribution in [3.05, 3.63) is 29.8 Å². The van der Waals surface area contributed by atoms with Crippen molar-refractivity contribution in [1.82, 2.24) is 4.90 Å². The van der Waals surface area contributed by atoms with Gasteiger partial charge in [0.15, 0.2) is 6.10 Å². The van der Waals surface area contributed by atoms with Crippen molar-refractivity contribution in [2.75, 3.05) is 13.7 Å². The lowest BCUT2D eigenvalue weighted by molar-refractivity contribution is -0.248. The third-order valence-corrected chi connectivity index (χ3v) is 12.1. The number of nitrogens with zero attached hydrogens (tertiary/aromatic N) is 1. The Morgan fingerprint density at radius 3 is 2.00 bits per heavy atom. The van der Waals surface area contributed by atoms with Gasteiger partial charge in [0.05, 0.1) is 13.7 Å². The second-order valence-corrected chi connectivity index (χ2v) is 13.9. The summed E-state index contributed by atoms with van der Waals surface area (Å²) >= 11 is 0. The van der Waals surface area contributed by atoms with Crippen LogP contribution < -0.4 is 4.74 Å². The van der Waals surface area contributed by atoms with Gasteiger partial charge in [0.2, 0.25) is 8.32 Å². The number of amides is 2. The van der Waals surface area contributed by atoms with Gasteiger partial charge in [0, 0.05) is 0 Å². The van der Waals surface area contributed by atoms with Crippen LogP contribution in [0.15, 0.2) is 24.3 Å². The van der Waals surface area contributed by atoms with Crippen LogP contribution in [-0.2, 0) is 19.0 Å². The van der Waals surface area contributed by atoms with E-state index in [0.717, 1.165) is 10.5 Å². The fourth-order valence-electron chi connectivity index (χ4n) is 4.68. The predicted molar refractivity (Wildman–Crippen MR) is 117 cm³/mol. The summed E-state index contributed by atoms with van der Waals surface area (Å²) in [6.45, 7) is 14.9. The molecule has 1 aliphatic heterocycles. The highest BCUT2D eigenvalue weighted by Crippen LogP contribution is 2.48. The fraction of sp³-hybridized carbons (Fsp3) is 0.636. The lowest BCUT2D eigenvalue weighted by atomic mass is 9.91. The molecule has 0 N–H and O–H groups in total. The Balaban J connectivity index is 2.43. The van der Waals surface area contributed by atoms with Gasteiger partial charge < -0.3 is 9.16 Å². The lowest BCUT2D eigenvalue weighted by Gasteiger charge is -2.51. The molecule has 0 unspecified atom stereocenters. The van der Waals surface area contributed by atoms with Crippen molar-refractivity contribution in [2.24, 2.45) is 0 Å². The number of ether oxygens (including phenoxy) is 1. The Labute approximate surface area is 180 Å². The number of β-lactam (4-membered cyclic amide) rings is 1. The Kier molecular flexibility index (Phi) is 8.07. The summed E-state index contributed by atoms with van der Waals surface area (Å²) < 4.78 is 12.0. The molecule has 8 heteroatoms. The predicted octanol–water partition coefficient (Wildman–Crippen LogP) is 5.23. The van der Waals surface area contributed by atoms with Crippen LogP contribution in [0.1, 0.15) is 60.1 Å². The third kappa shape index (κ3) is 4.40. The van der Waals surface area contributed by atoms with Crippen LogP contribution in [-0.4, -0.2) is 45.0 Å². The average molecular weight is 438 g/mol. The number of carbonyl (C=O) groups is 2. The maximum absolute atomic E-state index is 13.1. The second-order valence-electron chi connectivity index (χ2n) is 8.54. The highest BCUT2D eigenvalue weighted by atomic mass is 28.4. The second kappa shape index (κ2) is 9.94. The molecule has 0 spiro atoms. The number of rotatable bonds is 9. The highest BCUT2D eigenvalue weighted by molar-refractivity contribution is 6.77. The molecular formula is C22H35NO6Si. The van der Waals surface area contributed by atoms with E-state index in [1.165, 1.54) is 0 Å². The van der Waals surface area contributed by atoms with Crippen molar-refractivity contribution in [3.63, 3.8) is 0 Å². The lowest BCUT2D eigenvalue weighted by Crippen LogP contribution is -2.66. The number of hydrogen-bond donors (Lipinski definition) is 0. The average Bonchev–Trinajstić information content (AvgIpc) is 2.69. The minimum atomic E-state index is -2.34. The molecule has 1 aromatic carbocycles. The van der Waals surface area contributed by atoms with Crippen LogP contribution in [0.2, 0.25) is 16.6 Å². The van der Waals surface area contributed by atoms with Gasteiger partial charge in [0.1, 0.15) is 11.8 Å². The van der Waals surface area contributed by atoms with Gasteiger partial charge in [0.25, 0.3) is 5.91 Å². The van der Waals surface area contributed by atoms with Crippen LogP contribution in [0.3, 0.4) is 0 Å². The van der Waals surface area contributed by atoms with E-state index in [1.807, 2.05) is 12.1 Å². The molecule has 0 radical (unpaired) electrons. The number of imide groups is 1. The first-order chi connectivity index (χ1) is 14.1. The van der Waals surface area contributed by atoms with Gasteiger partial charge in [-0.25, -0.2) is 9.69 Å². The number of methoxy groups -OCH3 is 1. The molecule has 0 bridgehead atoms. The molecule has 1 saturated heterocycles. The Bertz CT molecular complexity index is 712. The smallest absolute Gasteiger partial charge is 0.448 e. The van der Waals surface area contributed by atoms with Gasteiger partial charge >= 0.3 is 6.09 Å². The van der Waals surface area contributed by atoms with E-state index in [0.29, 0.717) is 22.4 Å². The van der Waals surface area contributed by atoms with Gasteiger partial charge in [-0.3, -0.25) is 9.68 Å². The molecular weight excluding hydrogens is 402 g/mol. The molecule has 2 rings (SSSR count). The summed E-state index contributed by atoms with van der Waals surface area (Å²) in [6, 6.07) is 6.73. The Morgan fingerprint density at radius 1 is 1.03 bits per heavy atom. The largest absolute Gasteiger partial charge is 0.497 e. The summed E-state index contributed by atoms with van der Waals surface area (Å²) in [6.07, 6.45) is -1.56. The highest BCUT2D eigenvalue weighted by Gasteiger charge is 2.58. The van der Waals surface area contributed by atoms with Crippen LogP contribution in [0.25, 0.3) is 0 Å². The quantitative estimate of drug-likeness (QED) is 0.228. The zero-order valence-electron chi connectivity index (χ0n) is 19.3. The SMILES string of the molecule is CCOOC(=O)N1C(=O)[C@H](O[Si](C(C)C)(C(C)C)C(C)C)[C@@H]1c1ccc(OC)cc1. The zero-order chi connectivity index (χ0) is 22.6. The summed E-state index contributed by atoms with van der Waals surface area (Å²) in [5, 5.41) is 0. The van der Waals surface area contributed by atoms with Gasteiger partial charge in [-0.05, 0) is 41.2 Å². The molecule has 1 fully saturated rings. The molecule has 2 atom stereocenters. The first-order valence-electron chi connectivity index (χ1n) is 10.6. The molecule has 1 aromatic rings. The molecule has 0 aliphatic carbocycles. The summed E-state index contributed by atoms with van der Waals surface area (Å²) in [5.41, 5.74) is 1.72. The first kappa shape index (κ1) is 24.4. The molecule has 168 valence electrons. The Hall–Kier alpha value is -1.90. The molecule has 0 saturated carbocycles. The monoisotopic (exact) mass is 437 g/mol. The first-order valence-corrected chi connectivity index (χ1v) is 12.7. The molecule has 1 aliphatic rings. The van der Waals surface area contributed by atoms with E-state index in [-0.39, 0.29) is 12.5 Å². The van der Waals surface area contributed by atoms with Crippen molar-refractivity contribution < 1.29 is 28.5 Å². The van der Waals surface area contributed by atoms with Crippen molar-refractivity contribution in [2.45, 2.75) is 77.2 Å².